The predicted octanol–water partition coefficient (Wildman–Crippen LogP) is 5.20. The van der Waals surface area contributed by atoms with E-state index < -0.39 is 0 Å². The molecule has 2 atom stereocenters. The van der Waals surface area contributed by atoms with E-state index in [1.165, 1.54) is 48.9 Å². The van der Waals surface area contributed by atoms with Gasteiger partial charge in [0.05, 0.1) is 24.9 Å². The Balaban J connectivity index is 1.59. The Labute approximate surface area is 137 Å². The SMILES string of the molecule is FCC(CC1Cn2cncc2-c2ccccc21)C1CCCCC1. The molecule has 0 bridgehead atoms. The minimum Gasteiger partial charge on any atom is -0.330 e. The smallest absolute Gasteiger partial charge is 0.0951 e. The van der Waals surface area contributed by atoms with Crippen molar-refractivity contribution >= 4 is 0 Å². The summed E-state index contributed by atoms with van der Waals surface area (Å²) in [7, 11) is 0. The van der Waals surface area contributed by atoms with Gasteiger partial charge < -0.3 is 4.57 Å². The molecule has 1 aromatic heterocycles. The van der Waals surface area contributed by atoms with Crippen LogP contribution in [0.2, 0.25) is 0 Å². The fourth-order valence-electron chi connectivity index (χ4n) is 4.67. The number of benzene rings is 1. The van der Waals surface area contributed by atoms with Gasteiger partial charge in [0.25, 0.3) is 0 Å². The third kappa shape index (κ3) is 2.82. The molecule has 1 aliphatic heterocycles. The maximum Gasteiger partial charge on any atom is 0.0951 e. The van der Waals surface area contributed by atoms with E-state index in [1.54, 1.807) is 0 Å². The summed E-state index contributed by atoms with van der Waals surface area (Å²) in [5, 5.41) is 0. The summed E-state index contributed by atoms with van der Waals surface area (Å²) in [6.07, 6.45) is 11.2. The molecule has 1 fully saturated rings. The van der Waals surface area contributed by atoms with E-state index in [2.05, 4.69) is 33.8 Å². The first-order chi connectivity index (χ1) is 11.4. The Hall–Kier alpha value is -1.64. The molecule has 122 valence electrons. The van der Waals surface area contributed by atoms with Crippen LogP contribution in [0.25, 0.3) is 11.3 Å². The molecule has 3 heteroatoms. The first-order valence-electron chi connectivity index (χ1n) is 9.02. The van der Waals surface area contributed by atoms with E-state index in [1.807, 2.05) is 12.5 Å². The van der Waals surface area contributed by atoms with Gasteiger partial charge in [0.15, 0.2) is 0 Å². The number of rotatable bonds is 4. The van der Waals surface area contributed by atoms with E-state index in [9.17, 15) is 4.39 Å². The summed E-state index contributed by atoms with van der Waals surface area (Å²) in [4.78, 5) is 4.32. The lowest BCUT2D eigenvalue weighted by atomic mass is 9.74. The van der Waals surface area contributed by atoms with Crippen LogP contribution in [0.15, 0.2) is 36.8 Å². The highest BCUT2D eigenvalue weighted by molar-refractivity contribution is 5.66. The zero-order valence-electron chi connectivity index (χ0n) is 13.6. The molecule has 1 saturated carbocycles. The van der Waals surface area contributed by atoms with Crippen LogP contribution in [-0.2, 0) is 6.54 Å². The van der Waals surface area contributed by atoms with Gasteiger partial charge in [0.2, 0.25) is 0 Å². The van der Waals surface area contributed by atoms with Crippen LogP contribution in [0.1, 0.15) is 50.0 Å². The maximum absolute atomic E-state index is 13.8. The van der Waals surface area contributed by atoms with Gasteiger partial charge in [-0.05, 0) is 23.8 Å². The van der Waals surface area contributed by atoms with Crippen molar-refractivity contribution in [3.05, 3.63) is 42.4 Å². The fourth-order valence-corrected chi connectivity index (χ4v) is 4.67. The first kappa shape index (κ1) is 14.9. The topological polar surface area (TPSA) is 17.8 Å². The average molecular weight is 312 g/mol. The largest absolute Gasteiger partial charge is 0.330 e. The molecule has 0 saturated heterocycles. The highest BCUT2D eigenvalue weighted by Gasteiger charge is 2.30. The summed E-state index contributed by atoms with van der Waals surface area (Å²) >= 11 is 0. The molecule has 0 radical (unpaired) electrons. The van der Waals surface area contributed by atoms with E-state index >= 15 is 0 Å². The number of nitrogens with zero attached hydrogens (tertiary/aromatic N) is 2. The maximum atomic E-state index is 13.8. The Morgan fingerprint density at radius 3 is 2.83 bits per heavy atom. The molecule has 2 heterocycles. The summed E-state index contributed by atoms with van der Waals surface area (Å²) in [6.45, 7) is 0.773. The van der Waals surface area contributed by atoms with Crippen LogP contribution in [0.3, 0.4) is 0 Å². The molecule has 0 amide bonds. The highest BCUT2D eigenvalue weighted by Crippen LogP contribution is 2.42. The number of hydrogen-bond acceptors (Lipinski definition) is 1. The van der Waals surface area contributed by atoms with Crippen LogP contribution in [0.5, 0.6) is 0 Å². The second-order valence-electron chi connectivity index (χ2n) is 7.26. The minimum atomic E-state index is -0.167. The Kier molecular flexibility index (Phi) is 4.19. The molecule has 2 unspecified atom stereocenters. The van der Waals surface area contributed by atoms with Gasteiger partial charge >= 0.3 is 0 Å². The quantitative estimate of drug-likeness (QED) is 0.758. The van der Waals surface area contributed by atoms with Crippen LogP contribution in [-0.4, -0.2) is 16.2 Å². The highest BCUT2D eigenvalue weighted by atomic mass is 19.1. The van der Waals surface area contributed by atoms with Gasteiger partial charge in [-0.15, -0.1) is 0 Å². The number of aromatic nitrogens is 2. The summed E-state index contributed by atoms with van der Waals surface area (Å²) in [5.74, 6) is 1.22. The van der Waals surface area contributed by atoms with Crippen molar-refractivity contribution in [2.75, 3.05) is 6.67 Å². The van der Waals surface area contributed by atoms with Crippen molar-refractivity contribution in [2.45, 2.75) is 51.0 Å². The third-order valence-electron chi connectivity index (χ3n) is 5.91. The van der Waals surface area contributed by atoms with Crippen LogP contribution in [0.4, 0.5) is 4.39 Å². The van der Waals surface area contributed by atoms with Crippen molar-refractivity contribution in [3.63, 3.8) is 0 Å². The van der Waals surface area contributed by atoms with Crippen molar-refractivity contribution in [2.24, 2.45) is 11.8 Å². The molecule has 1 aliphatic carbocycles. The summed E-state index contributed by atoms with van der Waals surface area (Å²) in [6, 6.07) is 8.61. The molecule has 0 spiro atoms. The van der Waals surface area contributed by atoms with Crippen molar-refractivity contribution < 1.29 is 4.39 Å². The van der Waals surface area contributed by atoms with Gasteiger partial charge in [-0.25, -0.2) is 4.98 Å². The number of imidazole rings is 1. The lowest BCUT2D eigenvalue weighted by molar-refractivity contribution is 0.182. The first-order valence-corrected chi connectivity index (χ1v) is 9.02. The zero-order valence-corrected chi connectivity index (χ0v) is 13.6. The number of halogens is 1. The third-order valence-corrected chi connectivity index (χ3v) is 5.91. The molecule has 4 rings (SSSR count). The molecule has 23 heavy (non-hydrogen) atoms. The monoisotopic (exact) mass is 312 g/mol. The summed E-state index contributed by atoms with van der Waals surface area (Å²) in [5.41, 5.74) is 3.86. The van der Waals surface area contributed by atoms with E-state index in [-0.39, 0.29) is 12.6 Å². The Morgan fingerprint density at radius 2 is 2.00 bits per heavy atom. The van der Waals surface area contributed by atoms with Gasteiger partial charge in [0.1, 0.15) is 0 Å². The lowest BCUT2D eigenvalue weighted by Crippen LogP contribution is -2.25. The van der Waals surface area contributed by atoms with E-state index in [0.717, 1.165) is 13.0 Å². The van der Waals surface area contributed by atoms with Crippen molar-refractivity contribution in [3.8, 4) is 11.3 Å². The number of alkyl halides is 1. The lowest BCUT2D eigenvalue weighted by Gasteiger charge is -2.34. The summed E-state index contributed by atoms with van der Waals surface area (Å²) < 4.78 is 16.0. The number of fused-ring (bicyclic) bond motifs is 3. The van der Waals surface area contributed by atoms with E-state index in [4.69, 9.17) is 0 Å². The van der Waals surface area contributed by atoms with E-state index in [0.29, 0.717) is 11.8 Å². The van der Waals surface area contributed by atoms with Crippen molar-refractivity contribution in [1.82, 2.24) is 9.55 Å². The normalized spacial score (nSPS) is 22.4. The minimum absolute atomic E-state index is 0.167. The van der Waals surface area contributed by atoms with Crippen LogP contribution in [0, 0.1) is 11.8 Å². The predicted molar refractivity (Wildman–Crippen MR) is 91.1 cm³/mol. The Bertz CT molecular complexity index is 657. The number of hydrogen-bond donors (Lipinski definition) is 0. The van der Waals surface area contributed by atoms with Gasteiger partial charge in [-0.2, -0.15) is 0 Å². The fraction of sp³-hybridized carbons (Fsp3) is 0.550. The van der Waals surface area contributed by atoms with Gasteiger partial charge in [-0.1, -0.05) is 56.4 Å². The molecule has 2 aliphatic rings. The van der Waals surface area contributed by atoms with Gasteiger partial charge in [-0.3, -0.25) is 4.39 Å². The Morgan fingerprint density at radius 1 is 1.17 bits per heavy atom. The molecule has 0 N–H and O–H groups in total. The molecular formula is C20H25FN2. The van der Waals surface area contributed by atoms with Crippen LogP contribution >= 0.6 is 0 Å². The zero-order chi connectivity index (χ0) is 15.6. The molecule has 1 aromatic carbocycles. The van der Waals surface area contributed by atoms with Crippen molar-refractivity contribution in [1.29, 1.82) is 0 Å². The molecule has 2 nitrogen and oxygen atoms in total. The van der Waals surface area contributed by atoms with Crippen LogP contribution < -0.4 is 0 Å². The second kappa shape index (κ2) is 6.46. The molecular weight excluding hydrogens is 287 g/mol. The standard InChI is InChI=1S/C20H25FN2/c21-11-16(15-6-2-1-3-7-15)10-17-13-23-14-22-12-20(23)19-9-5-4-8-18(17)19/h4-5,8-9,12,14-17H,1-3,6-7,10-11,13H2. The molecule has 2 aromatic rings. The second-order valence-corrected chi connectivity index (χ2v) is 7.26. The average Bonchev–Trinajstić information content (AvgIpc) is 3.09. The van der Waals surface area contributed by atoms with Gasteiger partial charge in [0, 0.05) is 18.0 Å².